The summed E-state index contributed by atoms with van der Waals surface area (Å²) in [5, 5.41) is 11.0. The average molecular weight is 1130 g/mol. The van der Waals surface area contributed by atoms with Crippen LogP contribution in [0, 0.1) is 55.4 Å². The summed E-state index contributed by atoms with van der Waals surface area (Å²) in [6.07, 6.45) is 2.83. The first-order valence-corrected chi connectivity index (χ1v) is 33.0. The molecule has 0 atom stereocenters. The molecule has 0 aliphatic rings. The third kappa shape index (κ3) is 21.3. The second kappa shape index (κ2) is 33.2. The van der Waals surface area contributed by atoms with Crippen LogP contribution in [0.1, 0.15) is 98.9 Å². The molecule has 0 nitrogen and oxygen atoms in total. The molecule has 0 N–H and O–H groups in total. The predicted octanol–water partition coefficient (Wildman–Crippen LogP) is 19.1. The van der Waals surface area contributed by atoms with Crippen LogP contribution in [0.4, 0.5) is 0 Å². The smallest absolute Gasteiger partial charge is 0.0488 e. The van der Waals surface area contributed by atoms with Gasteiger partial charge < -0.3 is 0 Å². The van der Waals surface area contributed by atoms with E-state index in [1.807, 2.05) is 23.3 Å². The number of hydrogen-bond donors (Lipinski definition) is 0. The predicted molar refractivity (Wildman–Crippen MR) is 297 cm³/mol. The van der Waals surface area contributed by atoms with Gasteiger partial charge in [0.15, 0.2) is 0 Å². The van der Waals surface area contributed by atoms with Crippen molar-refractivity contribution in [2.24, 2.45) is 0 Å². The van der Waals surface area contributed by atoms with E-state index < -0.39 is 0 Å². The molecule has 64 heavy (non-hydrogen) atoms. The fourth-order valence-electron chi connectivity index (χ4n) is 7.56. The fraction of sp³-hybridized carbons (Fsp3) is 0.357. The summed E-state index contributed by atoms with van der Waals surface area (Å²) >= 11 is 3.63. The van der Waals surface area contributed by atoms with Crippen LogP contribution in [0.2, 0.25) is 23.2 Å². The van der Waals surface area contributed by atoms with E-state index in [2.05, 4.69) is 218 Å². The van der Waals surface area contributed by atoms with Gasteiger partial charge in [0.25, 0.3) is 0 Å². The van der Waals surface area contributed by atoms with Gasteiger partial charge in [0.1, 0.15) is 0 Å². The van der Waals surface area contributed by atoms with Crippen molar-refractivity contribution in [2.75, 3.05) is 0 Å². The standard InChI is InChI=1S/4C11H11.2C6H14Si.4ClH.2Zr/c4*1-8-6-10-5-3-4-9(2)11(10)7-8;1-5(2)7-6(3)4;1-3-5-7-6-4-2;;;;;;/h4*3-7H,1-2H3;5-6H,1-4H3;3-6H2,1-2H3;4*1H;;/q4*-1;;;;;;;2*+2. The quantitative estimate of drug-likeness (QED) is 0.115. The molecule has 0 amide bonds. The van der Waals surface area contributed by atoms with Crippen LogP contribution < -0.4 is 0 Å². The molecule has 0 unspecified atom stereocenters. The van der Waals surface area contributed by atoms with Gasteiger partial charge in [-0.1, -0.05) is 74.2 Å². The monoisotopic (exact) mass is 1120 g/mol. The Morgan fingerprint density at radius 2 is 0.625 bits per heavy atom. The molecule has 0 aliphatic heterocycles. The molecule has 0 radical (unpaired) electrons. The summed E-state index contributed by atoms with van der Waals surface area (Å²) in [4.78, 5) is 0. The fourth-order valence-corrected chi connectivity index (χ4v) is 14.0. The second-order valence-electron chi connectivity index (χ2n) is 17.3. The normalized spacial score (nSPS) is 9.94. The zero-order valence-electron chi connectivity index (χ0n) is 41.2. The Morgan fingerprint density at radius 1 is 0.406 bits per heavy atom. The summed E-state index contributed by atoms with van der Waals surface area (Å²) < 4.78 is 0. The Hall–Kier alpha value is -1.32. The molecule has 0 spiro atoms. The van der Waals surface area contributed by atoms with Crippen molar-refractivity contribution in [3.8, 4) is 0 Å². The third-order valence-corrected chi connectivity index (χ3v) is 27.7. The Labute approximate surface area is 444 Å². The zero-order valence-corrected chi connectivity index (χ0v) is 51.3. The molecule has 0 fully saturated rings. The van der Waals surface area contributed by atoms with Crippen molar-refractivity contribution >= 4 is 104 Å². The van der Waals surface area contributed by atoms with Crippen molar-refractivity contribution in [2.45, 2.75) is 133 Å². The molecule has 8 rings (SSSR count). The number of aryl methyl sites for hydroxylation is 8. The minimum absolute atomic E-state index is 0. The number of halogens is 4. The zero-order chi connectivity index (χ0) is 44.5. The summed E-state index contributed by atoms with van der Waals surface area (Å²) in [6, 6.07) is 46.7. The summed E-state index contributed by atoms with van der Waals surface area (Å²) in [5.41, 5.74) is 13.1. The van der Waals surface area contributed by atoms with E-state index in [4.69, 9.17) is 0 Å². The molecule has 8 heteroatoms. The van der Waals surface area contributed by atoms with Crippen molar-refractivity contribution in [3.63, 3.8) is 0 Å². The van der Waals surface area contributed by atoms with Gasteiger partial charge in [0.05, 0.1) is 0 Å². The third-order valence-electron chi connectivity index (χ3n) is 10.8. The number of hydrogen-bond acceptors (Lipinski definition) is 0. The first kappa shape index (κ1) is 64.8. The van der Waals surface area contributed by atoms with Crippen LogP contribution in [0.25, 0.3) is 43.1 Å². The van der Waals surface area contributed by atoms with Gasteiger partial charge in [-0.2, -0.15) is 24.3 Å². The van der Waals surface area contributed by atoms with Gasteiger partial charge in [-0.15, -0.1) is 188 Å². The second-order valence-corrected chi connectivity index (χ2v) is 32.2. The van der Waals surface area contributed by atoms with Gasteiger partial charge in [-0.3, -0.25) is 0 Å². The topological polar surface area (TPSA) is 0 Å². The molecule has 0 bridgehead atoms. The Morgan fingerprint density at radius 3 is 0.781 bits per heavy atom. The van der Waals surface area contributed by atoms with Gasteiger partial charge in [-0.25, -0.2) is 0 Å². The van der Waals surface area contributed by atoms with Crippen LogP contribution in [-0.4, -0.2) is 10.9 Å². The van der Waals surface area contributed by atoms with E-state index >= 15 is 0 Å². The number of fused-ring (bicyclic) bond motifs is 4. The Kier molecular flexibility index (Phi) is 33.6. The molecule has 8 aromatic carbocycles. The molecular formula is C56H76Cl4Si2Zr2. The number of rotatable bonds is 6. The maximum absolute atomic E-state index is 2.35. The van der Waals surface area contributed by atoms with Gasteiger partial charge in [0.2, 0.25) is 0 Å². The molecule has 8 aromatic rings. The van der Waals surface area contributed by atoms with Crippen LogP contribution in [-0.2, 0) is 46.7 Å². The average Bonchev–Trinajstić information content (AvgIpc) is 3.98. The minimum atomic E-state index is 0. The van der Waals surface area contributed by atoms with Gasteiger partial charge in [0, 0.05) is 0 Å². The molecule has 0 heterocycles. The first-order valence-electron chi connectivity index (χ1n) is 22.1. The summed E-state index contributed by atoms with van der Waals surface area (Å²) in [5.74, 6) is 0. The molecule has 0 saturated carbocycles. The number of benzene rings is 4. The molecule has 0 saturated heterocycles. The van der Waals surface area contributed by atoms with E-state index in [-0.39, 0.29) is 60.5 Å². The Bertz CT molecular complexity index is 2240. The van der Waals surface area contributed by atoms with E-state index in [0.717, 1.165) is 11.1 Å². The van der Waals surface area contributed by atoms with Crippen LogP contribution in [0.3, 0.4) is 0 Å². The van der Waals surface area contributed by atoms with Crippen molar-refractivity contribution in [3.05, 3.63) is 166 Å². The van der Waals surface area contributed by atoms with E-state index in [0.29, 0.717) is 0 Å². The maximum atomic E-state index is 2.35. The van der Waals surface area contributed by atoms with Crippen LogP contribution in [0.5, 0.6) is 0 Å². The molecule has 0 aliphatic carbocycles. The largest absolute Gasteiger partial charge is 0.165 e. The molecule has 344 valence electrons. The van der Waals surface area contributed by atoms with Crippen LogP contribution in [0.15, 0.2) is 121 Å². The summed E-state index contributed by atoms with van der Waals surface area (Å²) in [6.45, 7) is 31.2. The summed E-state index contributed by atoms with van der Waals surface area (Å²) in [7, 11) is 0. The SMILES string of the molecule is CC(C)[Si](=[Zr+2])C(C)C.CCC[Si](=[Zr+2])CCC.Cc1cc2c(C)cccc2[cH-]1.Cc1cc2c(C)cccc2[cH-]1.Cc1cc2c(C)cccc2[cH-]1.Cc1cc2c(C)cccc2[cH-]1.Cl.Cl.Cl.Cl. The van der Waals surface area contributed by atoms with E-state index in [1.54, 1.807) is 35.4 Å². The van der Waals surface area contributed by atoms with Crippen LogP contribution >= 0.6 is 49.6 Å². The Balaban J connectivity index is 0. The molecular weight excluding hydrogens is 1050 g/mol. The van der Waals surface area contributed by atoms with Gasteiger partial charge in [-0.05, 0) is 27.7 Å². The molecule has 0 aromatic heterocycles. The minimum Gasteiger partial charge on any atom is -0.165 e. The first-order chi connectivity index (χ1) is 28.4. The van der Waals surface area contributed by atoms with E-state index in [1.165, 1.54) is 100 Å². The van der Waals surface area contributed by atoms with Gasteiger partial charge >= 0.3 is 135 Å². The van der Waals surface area contributed by atoms with Crippen molar-refractivity contribution < 1.29 is 46.7 Å². The van der Waals surface area contributed by atoms with Crippen molar-refractivity contribution in [1.29, 1.82) is 0 Å². The maximum Gasteiger partial charge on any atom is -0.0488 e. The van der Waals surface area contributed by atoms with E-state index in [9.17, 15) is 0 Å². The van der Waals surface area contributed by atoms with Crippen molar-refractivity contribution in [1.82, 2.24) is 0 Å².